The van der Waals surface area contributed by atoms with Gasteiger partial charge in [-0.3, -0.25) is 4.79 Å². The van der Waals surface area contributed by atoms with Gasteiger partial charge in [0.1, 0.15) is 5.75 Å². The normalized spacial score (nSPS) is 17.3. The van der Waals surface area contributed by atoms with Gasteiger partial charge in [-0.05, 0) is 18.2 Å². The van der Waals surface area contributed by atoms with E-state index in [1.54, 1.807) is 18.2 Å². The third-order valence-corrected chi connectivity index (χ3v) is 4.22. The zero-order valence-electron chi connectivity index (χ0n) is 13.0. The summed E-state index contributed by atoms with van der Waals surface area (Å²) in [6.45, 7) is 1.80. The summed E-state index contributed by atoms with van der Waals surface area (Å²) >= 11 is 5.93. The Kier molecular flexibility index (Phi) is 5.83. The summed E-state index contributed by atoms with van der Waals surface area (Å²) in [4.78, 5) is 14.1. The Bertz CT molecular complexity index is 607. The van der Waals surface area contributed by atoms with Gasteiger partial charge in [-0.25, -0.2) is 0 Å². The lowest BCUT2D eigenvalue weighted by Gasteiger charge is -2.33. The van der Waals surface area contributed by atoms with Crippen LogP contribution in [0.4, 0.5) is 5.69 Å². The molecule has 0 spiro atoms. The molecule has 1 saturated heterocycles. The molecule has 0 unspecified atom stereocenters. The van der Waals surface area contributed by atoms with E-state index in [0.29, 0.717) is 55.4 Å². The van der Waals surface area contributed by atoms with E-state index in [9.17, 15) is 9.90 Å². The summed E-state index contributed by atoms with van der Waals surface area (Å²) in [5, 5.41) is 22.1. The Morgan fingerprint density at radius 3 is 2.83 bits per heavy atom. The van der Waals surface area contributed by atoms with Gasteiger partial charge in [0.2, 0.25) is 5.91 Å². The molecule has 2 rings (SSSR count). The molecule has 0 saturated carbocycles. The minimum atomic E-state index is -1.22. The van der Waals surface area contributed by atoms with Gasteiger partial charge in [0.05, 0.1) is 18.9 Å². The van der Waals surface area contributed by atoms with Crippen LogP contribution in [-0.2, 0) is 4.79 Å². The fourth-order valence-corrected chi connectivity index (χ4v) is 2.68. The van der Waals surface area contributed by atoms with E-state index in [1.165, 1.54) is 7.11 Å². The second-order valence-corrected chi connectivity index (χ2v) is 6.06. The molecule has 1 aromatic rings. The average Bonchev–Trinajstić information content (AvgIpc) is 2.55. The molecular formula is C16H20ClN3O3. The van der Waals surface area contributed by atoms with Gasteiger partial charge >= 0.3 is 0 Å². The number of carbonyl (C=O) groups is 1. The first-order valence-electron chi connectivity index (χ1n) is 7.45. The number of piperidine rings is 1. The Balaban J connectivity index is 1.83. The smallest absolute Gasteiger partial charge is 0.225 e. The van der Waals surface area contributed by atoms with Crippen LogP contribution in [0.2, 0.25) is 5.02 Å². The summed E-state index contributed by atoms with van der Waals surface area (Å²) in [6.07, 6.45) is 1.14. The Morgan fingerprint density at radius 1 is 1.52 bits per heavy atom. The Morgan fingerprint density at radius 2 is 2.22 bits per heavy atom. The van der Waals surface area contributed by atoms with Gasteiger partial charge < -0.3 is 20.1 Å². The van der Waals surface area contributed by atoms with Crippen LogP contribution >= 0.6 is 11.6 Å². The lowest BCUT2D eigenvalue weighted by molar-refractivity contribution is -0.116. The highest BCUT2D eigenvalue weighted by Gasteiger charge is 2.31. The first-order chi connectivity index (χ1) is 11.0. The molecule has 1 aromatic carbocycles. The van der Waals surface area contributed by atoms with Crippen molar-refractivity contribution in [1.82, 2.24) is 4.90 Å². The molecular weight excluding hydrogens is 318 g/mol. The van der Waals surface area contributed by atoms with E-state index in [2.05, 4.69) is 10.2 Å². The standard InChI is InChI=1S/C16H20ClN3O3/c1-23-14-3-2-12(17)10-13(14)19-15(21)4-7-20-8-5-16(22,11-18)6-9-20/h2-3,10,22H,4-9H2,1H3,(H,19,21). The number of nitrogens with one attached hydrogen (secondary N) is 1. The summed E-state index contributed by atoms with van der Waals surface area (Å²) in [7, 11) is 1.53. The van der Waals surface area contributed by atoms with Gasteiger partial charge in [0.25, 0.3) is 0 Å². The van der Waals surface area contributed by atoms with Gasteiger partial charge in [0.15, 0.2) is 5.60 Å². The van der Waals surface area contributed by atoms with Crippen LogP contribution in [0, 0.1) is 11.3 Å². The minimum absolute atomic E-state index is 0.133. The zero-order chi connectivity index (χ0) is 16.9. The number of carbonyl (C=O) groups excluding carboxylic acids is 1. The van der Waals surface area contributed by atoms with Crippen molar-refractivity contribution < 1.29 is 14.6 Å². The maximum atomic E-state index is 12.1. The molecule has 0 atom stereocenters. The zero-order valence-corrected chi connectivity index (χ0v) is 13.8. The van der Waals surface area contributed by atoms with Crippen LogP contribution in [0.3, 0.4) is 0 Å². The molecule has 1 amide bonds. The van der Waals surface area contributed by atoms with Crippen molar-refractivity contribution in [2.24, 2.45) is 0 Å². The molecule has 23 heavy (non-hydrogen) atoms. The maximum absolute atomic E-state index is 12.1. The molecule has 0 bridgehead atoms. The molecule has 7 heteroatoms. The number of methoxy groups -OCH3 is 1. The number of likely N-dealkylation sites (tertiary alicyclic amines) is 1. The molecule has 1 aliphatic heterocycles. The number of anilines is 1. The fraction of sp³-hybridized carbons (Fsp3) is 0.500. The van der Waals surface area contributed by atoms with Crippen molar-refractivity contribution in [3.05, 3.63) is 23.2 Å². The minimum Gasteiger partial charge on any atom is -0.495 e. The number of ether oxygens (including phenoxy) is 1. The summed E-state index contributed by atoms with van der Waals surface area (Å²) < 4.78 is 5.19. The van der Waals surface area contributed by atoms with Crippen molar-refractivity contribution in [2.75, 3.05) is 32.1 Å². The number of hydrogen-bond acceptors (Lipinski definition) is 5. The van der Waals surface area contributed by atoms with Crippen molar-refractivity contribution in [3.8, 4) is 11.8 Å². The first kappa shape index (κ1) is 17.5. The van der Waals surface area contributed by atoms with E-state index in [1.807, 2.05) is 6.07 Å². The lowest BCUT2D eigenvalue weighted by Crippen LogP contribution is -2.44. The largest absolute Gasteiger partial charge is 0.495 e. The second kappa shape index (κ2) is 7.64. The van der Waals surface area contributed by atoms with Crippen molar-refractivity contribution in [1.29, 1.82) is 5.26 Å². The number of nitriles is 1. The molecule has 0 aromatic heterocycles. The van der Waals surface area contributed by atoms with Crippen LogP contribution in [0.1, 0.15) is 19.3 Å². The highest BCUT2D eigenvalue weighted by Crippen LogP contribution is 2.28. The number of nitrogens with zero attached hydrogens (tertiary/aromatic N) is 2. The summed E-state index contributed by atoms with van der Waals surface area (Å²) in [5.74, 6) is 0.423. The molecule has 0 aliphatic carbocycles. The van der Waals surface area contributed by atoms with Crippen molar-refractivity contribution in [2.45, 2.75) is 24.9 Å². The van der Waals surface area contributed by atoms with Crippen molar-refractivity contribution >= 4 is 23.2 Å². The highest BCUT2D eigenvalue weighted by atomic mass is 35.5. The quantitative estimate of drug-likeness (QED) is 0.803. The van der Waals surface area contributed by atoms with Gasteiger partial charge in [-0.1, -0.05) is 11.6 Å². The molecule has 1 heterocycles. The van der Waals surface area contributed by atoms with Gasteiger partial charge in [-0.2, -0.15) is 5.26 Å². The van der Waals surface area contributed by atoms with Crippen LogP contribution in [0.15, 0.2) is 18.2 Å². The van der Waals surface area contributed by atoms with E-state index < -0.39 is 5.60 Å². The monoisotopic (exact) mass is 337 g/mol. The fourth-order valence-electron chi connectivity index (χ4n) is 2.51. The molecule has 1 fully saturated rings. The Labute approximate surface area is 140 Å². The topological polar surface area (TPSA) is 85.6 Å². The number of amides is 1. The van der Waals surface area contributed by atoms with E-state index in [0.717, 1.165) is 0 Å². The van der Waals surface area contributed by atoms with Crippen LogP contribution in [-0.4, -0.2) is 48.3 Å². The summed E-state index contributed by atoms with van der Waals surface area (Å²) in [6, 6.07) is 6.98. The average molecular weight is 338 g/mol. The van der Waals surface area contributed by atoms with Crippen molar-refractivity contribution in [3.63, 3.8) is 0 Å². The maximum Gasteiger partial charge on any atom is 0.225 e. The predicted molar refractivity (Wildman–Crippen MR) is 87.5 cm³/mol. The molecule has 2 N–H and O–H groups in total. The third-order valence-electron chi connectivity index (χ3n) is 3.98. The molecule has 6 nitrogen and oxygen atoms in total. The SMILES string of the molecule is COc1ccc(Cl)cc1NC(=O)CCN1CCC(O)(C#N)CC1. The van der Waals surface area contributed by atoms with Crippen LogP contribution in [0.25, 0.3) is 0 Å². The van der Waals surface area contributed by atoms with E-state index in [4.69, 9.17) is 21.6 Å². The second-order valence-electron chi connectivity index (χ2n) is 5.63. The Hall–Kier alpha value is -1.81. The highest BCUT2D eigenvalue weighted by molar-refractivity contribution is 6.31. The number of aliphatic hydroxyl groups is 1. The van der Waals surface area contributed by atoms with Crippen LogP contribution in [0.5, 0.6) is 5.75 Å². The van der Waals surface area contributed by atoms with Crippen LogP contribution < -0.4 is 10.1 Å². The molecule has 124 valence electrons. The number of rotatable bonds is 5. The van der Waals surface area contributed by atoms with E-state index >= 15 is 0 Å². The predicted octanol–water partition coefficient (Wildman–Crippen LogP) is 2.03. The summed E-state index contributed by atoms with van der Waals surface area (Å²) in [5.41, 5.74) is -0.671. The molecule has 1 aliphatic rings. The van der Waals surface area contributed by atoms with Gasteiger partial charge in [0, 0.05) is 43.9 Å². The number of hydrogen-bond donors (Lipinski definition) is 2. The number of halogens is 1. The first-order valence-corrected chi connectivity index (χ1v) is 7.83. The number of benzene rings is 1. The van der Waals surface area contributed by atoms with E-state index in [-0.39, 0.29) is 5.91 Å². The molecule has 0 radical (unpaired) electrons. The third kappa shape index (κ3) is 4.83. The lowest BCUT2D eigenvalue weighted by atomic mass is 9.93. The van der Waals surface area contributed by atoms with Gasteiger partial charge in [-0.15, -0.1) is 0 Å².